The van der Waals surface area contributed by atoms with E-state index in [1.807, 2.05) is 12.1 Å². The van der Waals surface area contributed by atoms with Gasteiger partial charge in [0.25, 0.3) is 0 Å². The zero-order valence-corrected chi connectivity index (χ0v) is 14.7. The lowest BCUT2D eigenvalue weighted by Crippen LogP contribution is -2.06. The van der Waals surface area contributed by atoms with Crippen LogP contribution in [-0.4, -0.2) is 21.3 Å². The molecule has 2 rings (SSSR count). The molecule has 0 aliphatic heterocycles. The maximum Gasteiger partial charge on any atom is 0.203 e. The minimum absolute atomic E-state index is 0.617. The van der Waals surface area contributed by atoms with Crippen molar-refractivity contribution in [1.29, 1.82) is 0 Å². The SMILES string of the molecule is COc1ccc(CNc2c(C)cc(C)cc2C)c(OC)c1OC. The van der Waals surface area contributed by atoms with Crippen molar-refractivity contribution >= 4 is 5.69 Å². The molecule has 0 atom stereocenters. The maximum atomic E-state index is 5.53. The molecule has 23 heavy (non-hydrogen) atoms. The molecule has 4 nitrogen and oxygen atoms in total. The molecular formula is C19H25NO3. The van der Waals surface area contributed by atoms with Crippen molar-refractivity contribution in [1.82, 2.24) is 0 Å². The summed E-state index contributed by atoms with van der Waals surface area (Å²) >= 11 is 0. The third-order valence-corrected chi connectivity index (χ3v) is 3.92. The Labute approximate surface area is 138 Å². The fourth-order valence-corrected chi connectivity index (χ4v) is 2.94. The van der Waals surface area contributed by atoms with Crippen LogP contribution in [0.4, 0.5) is 5.69 Å². The lowest BCUT2D eigenvalue weighted by molar-refractivity contribution is 0.322. The Kier molecular flexibility index (Phi) is 5.37. The van der Waals surface area contributed by atoms with E-state index in [-0.39, 0.29) is 0 Å². The Morgan fingerprint density at radius 3 is 1.96 bits per heavy atom. The van der Waals surface area contributed by atoms with Gasteiger partial charge in [-0.2, -0.15) is 0 Å². The van der Waals surface area contributed by atoms with Crippen LogP contribution in [0.1, 0.15) is 22.3 Å². The molecule has 124 valence electrons. The van der Waals surface area contributed by atoms with E-state index in [9.17, 15) is 0 Å². The number of hydrogen-bond donors (Lipinski definition) is 1. The Balaban J connectivity index is 2.31. The molecule has 0 saturated carbocycles. The first kappa shape index (κ1) is 17.0. The van der Waals surface area contributed by atoms with Crippen molar-refractivity contribution < 1.29 is 14.2 Å². The first-order valence-corrected chi connectivity index (χ1v) is 7.61. The van der Waals surface area contributed by atoms with E-state index in [1.54, 1.807) is 21.3 Å². The van der Waals surface area contributed by atoms with E-state index >= 15 is 0 Å². The van der Waals surface area contributed by atoms with Gasteiger partial charge in [0.2, 0.25) is 5.75 Å². The maximum absolute atomic E-state index is 5.53. The average molecular weight is 315 g/mol. The second kappa shape index (κ2) is 7.27. The zero-order valence-electron chi connectivity index (χ0n) is 14.7. The fraction of sp³-hybridized carbons (Fsp3) is 0.368. The van der Waals surface area contributed by atoms with Crippen LogP contribution in [0.2, 0.25) is 0 Å². The Morgan fingerprint density at radius 1 is 0.826 bits per heavy atom. The van der Waals surface area contributed by atoms with Crippen molar-refractivity contribution in [3.8, 4) is 17.2 Å². The highest BCUT2D eigenvalue weighted by Gasteiger charge is 2.16. The minimum Gasteiger partial charge on any atom is -0.493 e. The van der Waals surface area contributed by atoms with E-state index in [0.717, 1.165) is 11.3 Å². The van der Waals surface area contributed by atoms with Crippen LogP contribution in [0.25, 0.3) is 0 Å². The van der Waals surface area contributed by atoms with E-state index in [4.69, 9.17) is 14.2 Å². The molecule has 0 saturated heterocycles. The smallest absolute Gasteiger partial charge is 0.203 e. The van der Waals surface area contributed by atoms with Gasteiger partial charge in [-0.3, -0.25) is 0 Å². The van der Waals surface area contributed by atoms with E-state index in [1.165, 1.54) is 16.7 Å². The topological polar surface area (TPSA) is 39.7 Å². The van der Waals surface area contributed by atoms with Crippen molar-refractivity contribution in [2.45, 2.75) is 27.3 Å². The van der Waals surface area contributed by atoms with Crippen molar-refractivity contribution in [3.05, 3.63) is 46.5 Å². The quantitative estimate of drug-likeness (QED) is 0.865. The number of hydrogen-bond acceptors (Lipinski definition) is 4. The molecule has 0 bridgehead atoms. The fourth-order valence-electron chi connectivity index (χ4n) is 2.94. The second-order valence-electron chi connectivity index (χ2n) is 5.62. The standard InChI is InChI=1S/C19H25NO3/c1-12-9-13(2)17(14(3)10-12)20-11-15-7-8-16(21-4)19(23-6)18(15)22-5/h7-10,20H,11H2,1-6H3. The molecule has 0 unspecified atom stereocenters. The Morgan fingerprint density at radius 2 is 1.43 bits per heavy atom. The van der Waals surface area contributed by atoms with Crippen LogP contribution in [0.3, 0.4) is 0 Å². The molecule has 2 aromatic carbocycles. The highest BCUT2D eigenvalue weighted by molar-refractivity contribution is 5.60. The third kappa shape index (κ3) is 3.52. The van der Waals surface area contributed by atoms with Gasteiger partial charge in [0.15, 0.2) is 11.5 Å². The van der Waals surface area contributed by atoms with Crippen LogP contribution < -0.4 is 19.5 Å². The van der Waals surface area contributed by atoms with Crippen molar-refractivity contribution in [2.75, 3.05) is 26.6 Å². The molecule has 4 heteroatoms. The Hall–Kier alpha value is -2.36. The van der Waals surface area contributed by atoms with Gasteiger partial charge in [0.1, 0.15) is 0 Å². The van der Waals surface area contributed by atoms with E-state index < -0.39 is 0 Å². The normalized spacial score (nSPS) is 10.3. The molecule has 1 N–H and O–H groups in total. The number of methoxy groups -OCH3 is 3. The molecule has 2 aromatic rings. The summed E-state index contributed by atoms with van der Waals surface area (Å²) in [6, 6.07) is 8.25. The minimum atomic E-state index is 0.617. The number of anilines is 1. The highest BCUT2D eigenvalue weighted by Crippen LogP contribution is 2.40. The summed E-state index contributed by atoms with van der Waals surface area (Å²) < 4.78 is 16.3. The van der Waals surface area contributed by atoms with E-state index in [0.29, 0.717) is 23.8 Å². The lowest BCUT2D eigenvalue weighted by Gasteiger charge is -2.18. The van der Waals surface area contributed by atoms with Gasteiger partial charge in [-0.15, -0.1) is 0 Å². The van der Waals surface area contributed by atoms with Gasteiger partial charge in [0, 0.05) is 17.8 Å². The van der Waals surface area contributed by atoms with Gasteiger partial charge in [-0.1, -0.05) is 17.7 Å². The number of ether oxygens (including phenoxy) is 3. The summed E-state index contributed by atoms with van der Waals surface area (Å²) in [6.45, 7) is 7.00. The van der Waals surface area contributed by atoms with Gasteiger partial charge in [-0.25, -0.2) is 0 Å². The number of aryl methyl sites for hydroxylation is 3. The molecule has 0 spiro atoms. The zero-order chi connectivity index (χ0) is 17.0. The predicted molar refractivity (Wildman–Crippen MR) is 94.1 cm³/mol. The van der Waals surface area contributed by atoms with Crippen molar-refractivity contribution in [3.63, 3.8) is 0 Å². The summed E-state index contributed by atoms with van der Waals surface area (Å²) in [5, 5.41) is 3.51. The van der Waals surface area contributed by atoms with E-state index in [2.05, 4.69) is 38.2 Å². The highest BCUT2D eigenvalue weighted by atomic mass is 16.5. The molecular weight excluding hydrogens is 290 g/mol. The predicted octanol–water partition coefficient (Wildman–Crippen LogP) is 4.25. The molecule has 0 radical (unpaired) electrons. The summed E-state index contributed by atoms with van der Waals surface area (Å²) in [6.07, 6.45) is 0. The number of benzene rings is 2. The number of nitrogens with one attached hydrogen (secondary N) is 1. The summed E-state index contributed by atoms with van der Waals surface area (Å²) in [5.74, 6) is 1.98. The first-order valence-electron chi connectivity index (χ1n) is 7.61. The van der Waals surface area contributed by atoms with Crippen LogP contribution in [0, 0.1) is 20.8 Å². The largest absolute Gasteiger partial charge is 0.493 e. The molecule has 0 aliphatic carbocycles. The van der Waals surface area contributed by atoms with Crippen LogP contribution in [-0.2, 0) is 6.54 Å². The number of rotatable bonds is 6. The lowest BCUT2D eigenvalue weighted by atomic mass is 10.0. The molecule has 0 aromatic heterocycles. The van der Waals surface area contributed by atoms with Crippen molar-refractivity contribution in [2.24, 2.45) is 0 Å². The molecule has 0 aliphatic rings. The second-order valence-corrected chi connectivity index (χ2v) is 5.62. The van der Waals surface area contributed by atoms with Crippen LogP contribution >= 0.6 is 0 Å². The molecule has 0 amide bonds. The Bertz CT molecular complexity index is 672. The summed E-state index contributed by atoms with van der Waals surface area (Å²) in [4.78, 5) is 0. The van der Waals surface area contributed by atoms with Crippen LogP contribution in [0.15, 0.2) is 24.3 Å². The van der Waals surface area contributed by atoms with Gasteiger partial charge in [0.05, 0.1) is 21.3 Å². The van der Waals surface area contributed by atoms with Gasteiger partial charge < -0.3 is 19.5 Å². The first-order chi connectivity index (χ1) is 11.0. The molecule has 0 heterocycles. The van der Waals surface area contributed by atoms with Gasteiger partial charge >= 0.3 is 0 Å². The van der Waals surface area contributed by atoms with Gasteiger partial charge in [-0.05, 0) is 44.0 Å². The summed E-state index contributed by atoms with van der Waals surface area (Å²) in [7, 11) is 4.88. The summed E-state index contributed by atoms with van der Waals surface area (Å²) in [5.41, 5.74) is 5.93. The monoisotopic (exact) mass is 315 g/mol. The molecule has 0 fully saturated rings. The van der Waals surface area contributed by atoms with Crippen LogP contribution in [0.5, 0.6) is 17.2 Å². The average Bonchev–Trinajstić information content (AvgIpc) is 2.52. The third-order valence-electron chi connectivity index (χ3n) is 3.92.